The molecule has 0 N–H and O–H groups in total. The van der Waals surface area contributed by atoms with Crippen LogP contribution >= 0.6 is 0 Å². The predicted molar refractivity (Wildman–Crippen MR) is 40.0 cm³/mol. The van der Waals surface area contributed by atoms with Crippen LogP contribution in [0.25, 0.3) is 0 Å². The first-order valence-corrected chi connectivity index (χ1v) is 3.52. The van der Waals surface area contributed by atoms with E-state index in [1.165, 1.54) is 5.56 Å². The second-order valence-electron chi connectivity index (χ2n) is 2.38. The van der Waals surface area contributed by atoms with Gasteiger partial charge in [0.25, 0.3) is 0 Å². The van der Waals surface area contributed by atoms with E-state index < -0.39 is 0 Å². The molecule has 0 bridgehead atoms. The Morgan fingerprint density at radius 3 is 2.91 bits per heavy atom. The Hall–Kier alpha value is -0.448. The first kappa shape index (κ1) is 8.65. The van der Waals surface area contributed by atoms with Gasteiger partial charge in [-0.15, -0.1) is 6.07 Å². The average molecular weight is 319 g/mol. The Bertz CT molecular complexity index is 210. The number of para-hydroxylation sites is 1. The number of hydrogen-bond acceptors (Lipinski definition) is 1. The summed E-state index contributed by atoms with van der Waals surface area (Å²) in [5, 5.41) is 0. The van der Waals surface area contributed by atoms with Crippen molar-refractivity contribution in [3.8, 4) is 5.75 Å². The SMILES string of the molecule is [Re].c1ccc2c(c1)[CH-]CCO2. The molecule has 0 amide bonds. The Labute approximate surface area is 80.4 Å². The molecule has 1 heterocycles. The maximum absolute atomic E-state index is 5.39. The van der Waals surface area contributed by atoms with Crippen LogP contribution in [-0.4, -0.2) is 6.61 Å². The molecule has 11 heavy (non-hydrogen) atoms. The topological polar surface area (TPSA) is 9.23 Å². The van der Waals surface area contributed by atoms with Crippen molar-refractivity contribution in [2.24, 2.45) is 0 Å². The second kappa shape index (κ2) is 3.80. The van der Waals surface area contributed by atoms with Crippen LogP contribution in [0.1, 0.15) is 12.0 Å². The van der Waals surface area contributed by atoms with E-state index in [0.29, 0.717) is 0 Å². The summed E-state index contributed by atoms with van der Waals surface area (Å²) >= 11 is 0. The van der Waals surface area contributed by atoms with Crippen molar-refractivity contribution in [3.63, 3.8) is 0 Å². The fourth-order valence-corrected chi connectivity index (χ4v) is 1.16. The number of rotatable bonds is 0. The first-order valence-electron chi connectivity index (χ1n) is 3.52. The number of fused-ring (bicyclic) bond motifs is 1. The van der Waals surface area contributed by atoms with E-state index in [2.05, 4.69) is 12.5 Å². The van der Waals surface area contributed by atoms with Gasteiger partial charge in [-0.2, -0.15) is 18.1 Å². The summed E-state index contributed by atoms with van der Waals surface area (Å²) in [6.45, 7) is 0.830. The van der Waals surface area contributed by atoms with E-state index in [1.54, 1.807) is 0 Å². The van der Waals surface area contributed by atoms with Crippen LogP contribution in [-0.2, 0) is 20.4 Å². The maximum atomic E-state index is 5.39. The van der Waals surface area contributed by atoms with E-state index in [-0.39, 0.29) is 20.4 Å². The quantitative estimate of drug-likeness (QED) is 0.665. The van der Waals surface area contributed by atoms with Crippen LogP contribution in [0.2, 0.25) is 0 Å². The monoisotopic (exact) mass is 320 g/mol. The Morgan fingerprint density at radius 1 is 1.27 bits per heavy atom. The molecule has 0 saturated heterocycles. The molecule has 1 radical (unpaired) electrons. The van der Waals surface area contributed by atoms with E-state index in [0.717, 1.165) is 18.8 Å². The zero-order chi connectivity index (χ0) is 6.81. The Morgan fingerprint density at radius 2 is 2.09 bits per heavy atom. The van der Waals surface area contributed by atoms with Crippen LogP contribution < -0.4 is 4.74 Å². The van der Waals surface area contributed by atoms with Gasteiger partial charge < -0.3 is 4.74 Å². The third kappa shape index (κ3) is 1.77. The minimum atomic E-state index is 0. The zero-order valence-electron chi connectivity index (χ0n) is 6.09. The van der Waals surface area contributed by atoms with Gasteiger partial charge in [0.05, 0.1) is 6.61 Å². The molecule has 0 fully saturated rings. The molecule has 59 valence electrons. The van der Waals surface area contributed by atoms with Crippen LogP contribution in [0.5, 0.6) is 5.75 Å². The van der Waals surface area contributed by atoms with Gasteiger partial charge in [0.15, 0.2) is 0 Å². The van der Waals surface area contributed by atoms with Gasteiger partial charge in [-0.1, -0.05) is 12.1 Å². The maximum Gasteiger partial charge on any atom is 0.0645 e. The molecule has 1 nitrogen and oxygen atoms in total. The summed E-state index contributed by atoms with van der Waals surface area (Å²) < 4.78 is 5.39. The third-order valence-electron chi connectivity index (χ3n) is 1.66. The molecule has 2 rings (SSSR count). The molecule has 2 heteroatoms. The van der Waals surface area contributed by atoms with Gasteiger partial charge in [0.2, 0.25) is 0 Å². The van der Waals surface area contributed by atoms with Crippen molar-refractivity contribution >= 4 is 0 Å². The number of hydrogen-bond donors (Lipinski definition) is 0. The molecule has 0 unspecified atom stereocenters. The predicted octanol–water partition coefficient (Wildman–Crippen LogP) is 2.02. The third-order valence-corrected chi connectivity index (χ3v) is 1.66. The first-order chi connectivity index (χ1) is 4.97. The van der Waals surface area contributed by atoms with Gasteiger partial charge >= 0.3 is 0 Å². The molecule has 1 aliphatic rings. The normalized spacial score (nSPS) is 13.5. The van der Waals surface area contributed by atoms with Gasteiger partial charge in [-0.3, -0.25) is 0 Å². The van der Waals surface area contributed by atoms with Crippen LogP contribution in [0.15, 0.2) is 24.3 Å². The summed E-state index contributed by atoms with van der Waals surface area (Å²) in [6, 6.07) is 8.11. The van der Waals surface area contributed by atoms with Gasteiger partial charge in [0.1, 0.15) is 0 Å². The smallest absolute Gasteiger partial charge is 0.0645 e. The summed E-state index contributed by atoms with van der Waals surface area (Å²) in [6.07, 6.45) is 3.25. The van der Waals surface area contributed by atoms with Crippen molar-refractivity contribution in [2.45, 2.75) is 6.42 Å². The van der Waals surface area contributed by atoms with Gasteiger partial charge in [-0.25, -0.2) is 0 Å². The minimum Gasteiger partial charge on any atom is -0.551 e. The summed E-state index contributed by atoms with van der Waals surface area (Å²) in [5.41, 5.74) is 1.23. The van der Waals surface area contributed by atoms with E-state index >= 15 is 0 Å². The number of benzene rings is 1. The summed E-state index contributed by atoms with van der Waals surface area (Å²) in [4.78, 5) is 0. The van der Waals surface area contributed by atoms with Crippen molar-refractivity contribution in [2.75, 3.05) is 6.61 Å². The standard InChI is InChI=1S/C9H9O.Re/c1-2-6-9-8(4-1)5-3-7-10-9;/h1-2,4-6H,3,7H2;/q-1;. The van der Waals surface area contributed by atoms with Gasteiger partial charge in [0, 0.05) is 26.2 Å². The molecular formula is C9H9ORe-. The Balaban J connectivity index is 0.000000605. The second-order valence-corrected chi connectivity index (χ2v) is 2.38. The van der Waals surface area contributed by atoms with Crippen molar-refractivity contribution < 1.29 is 25.2 Å². The van der Waals surface area contributed by atoms with Crippen LogP contribution in [0, 0.1) is 6.42 Å². The van der Waals surface area contributed by atoms with Crippen molar-refractivity contribution in [1.82, 2.24) is 0 Å². The zero-order valence-corrected chi connectivity index (χ0v) is 8.80. The van der Waals surface area contributed by atoms with E-state index in [9.17, 15) is 0 Å². The molecule has 0 aromatic heterocycles. The Kier molecular flexibility index (Phi) is 2.99. The van der Waals surface area contributed by atoms with Gasteiger partial charge in [-0.05, 0) is 6.42 Å². The van der Waals surface area contributed by atoms with Crippen LogP contribution in [0.3, 0.4) is 0 Å². The summed E-state index contributed by atoms with van der Waals surface area (Å²) in [5.74, 6) is 1.02. The van der Waals surface area contributed by atoms with E-state index in [4.69, 9.17) is 4.74 Å². The van der Waals surface area contributed by atoms with E-state index in [1.807, 2.05) is 18.2 Å². The van der Waals surface area contributed by atoms with Crippen molar-refractivity contribution in [3.05, 3.63) is 36.2 Å². The molecular weight excluding hydrogens is 310 g/mol. The molecule has 1 aromatic rings. The number of ether oxygens (including phenoxy) is 1. The minimum absolute atomic E-state index is 0. The molecule has 0 atom stereocenters. The molecule has 0 spiro atoms. The molecule has 1 aliphatic heterocycles. The fourth-order valence-electron chi connectivity index (χ4n) is 1.16. The van der Waals surface area contributed by atoms with Crippen LogP contribution in [0.4, 0.5) is 0 Å². The van der Waals surface area contributed by atoms with Crippen molar-refractivity contribution in [1.29, 1.82) is 0 Å². The fraction of sp³-hybridized carbons (Fsp3) is 0.222. The molecule has 0 saturated carbocycles. The average Bonchev–Trinajstić information content (AvgIpc) is 2.05. The molecule has 1 aromatic carbocycles. The molecule has 0 aliphatic carbocycles. The summed E-state index contributed by atoms with van der Waals surface area (Å²) in [7, 11) is 0. The largest absolute Gasteiger partial charge is 0.551 e.